The number of ether oxygens (including phenoxy) is 1. The third kappa shape index (κ3) is 5.03. The van der Waals surface area contributed by atoms with Crippen molar-refractivity contribution in [1.29, 1.82) is 0 Å². The summed E-state index contributed by atoms with van der Waals surface area (Å²) in [5, 5.41) is 4.93. The number of ketones is 1. The van der Waals surface area contributed by atoms with Crippen LogP contribution in [0.25, 0.3) is 0 Å². The van der Waals surface area contributed by atoms with Gasteiger partial charge < -0.3 is 14.7 Å². The molecule has 8 heteroatoms. The molecule has 0 unspecified atom stereocenters. The van der Waals surface area contributed by atoms with Gasteiger partial charge in [0, 0.05) is 25.7 Å². The van der Waals surface area contributed by atoms with Crippen LogP contribution in [0.2, 0.25) is 0 Å². The zero-order valence-corrected chi connectivity index (χ0v) is 11.9. The number of nitrogens with zero attached hydrogens (tertiary/aromatic N) is 1. The molecule has 1 aromatic rings. The molecule has 0 heterocycles. The van der Waals surface area contributed by atoms with E-state index in [2.05, 4.69) is 11.6 Å². The molecule has 0 bridgehead atoms. The van der Waals surface area contributed by atoms with Gasteiger partial charge >= 0.3 is 11.5 Å². The van der Waals surface area contributed by atoms with E-state index >= 15 is 0 Å². The number of aliphatic hydroxyl groups excluding tert-OH is 1. The standard InChI is InChI=1S/C13H12ClF2NO4/c1-17(2)12(20)21-9-5-3-8(4-6-9)10(18)7-11(19)13(14,15)16/h3-7,19H,1-2H3. The summed E-state index contributed by atoms with van der Waals surface area (Å²) < 4.78 is 29.9. The zero-order valence-electron chi connectivity index (χ0n) is 11.1. The zero-order chi connectivity index (χ0) is 16.2. The Morgan fingerprint density at radius 3 is 2.24 bits per heavy atom. The average molecular weight is 320 g/mol. The number of carbonyl (C=O) groups excluding carboxylic acids is 2. The summed E-state index contributed by atoms with van der Waals surface area (Å²) in [4.78, 5) is 24.1. The van der Waals surface area contributed by atoms with Gasteiger partial charge in [-0.2, -0.15) is 8.78 Å². The summed E-state index contributed by atoms with van der Waals surface area (Å²) in [6, 6.07) is 5.16. The molecular formula is C13H12ClF2NO4. The summed E-state index contributed by atoms with van der Waals surface area (Å²) >= 11 is 4.56. The first-order valence-corrected chi connectivity index (χ1v) is 6.00. The molecule has 1 aromatic carbocycles. The summed E-state index contributed by atoms with van der Waals surface area (Å²) in [5.74, 6) is -2.23. The molecule has 0 spiro atoms. The highest BCUT2D eigenvalue weighted by atomic mass is 35.5. The van der Waals surface area contributed by atoms with E-state index in [1.807, 2.05) is 0 Å². The molecule has 0 aliphatic carbocycles. The molecule has 1 N–H and O–H groups in total. The number of hydrogen-bond acceptors (Lipinski definition) is 4. The molecule has 0 atom stereocenters. The Balaban J connectivity index is 2.83. The largest absolute Gasteiger partial charge is 0.505 e. The van der Waals surface area contributed by atoms with Crippen molar-refractivity contribution >= 4 is 23.5 Å². The molecule has 5 nitrogen and oxygen atoms in total. The Hall–Kier alpha value is -2.15. The summed E-state index contributed by atoms with van der Waals surface area (Å²) in [7, 11) is 3.00. The van der Waals surface area contributed by atoms with Crippen molar-refractivity contribution in [2.24, 2.45) is 0 Å². The van der Waals surface area contributed by atoms with Gasteiger partial charge in [0.25, 0.3) is 0 Å². The Bertz CT molecular complexity index is 565. The van der Waals surface area contributed by atoms with Crippen LogP contribution < -0.4 is 4.74 Å². The summed E-state index contributed by atoms with van der Waals surface area (Å²) in [5.41, 5.74) is 0.0205. The highest BCUT2D eigenvalue weighted by Crippen LogP contribution is 2.26. The lowest BCUT2D eigenvalue weighted by Gasteiger charge is -2.10. The first kappa shape index (κ1) is 16.9. The number of alkyl halides is 3. The molecule has 1 rings (SSSR count). The highest BCUT2D eigenvalue weighted by Gasteiger charge is 2.31. The molecule has 0 radical (unpaired) electrons. The molecule has 0 aliphatic rings. The van der Waals surface area contributed by atoms with E-state index in [1.54, 1.807) is 0 Å². The lowest BCUT2D eigenvalue weighted by molar-refractivity contribution is 0.0811. The molecule has 0 saturated heterocycles. The number of allylic oxidation sites excluding steroid dienone is 2. The van der Waals surface area contributed by atoms with Gasteiger partial charge in [0.1, 0.15) is 5.75 Å². The maximum absolute atomic E-state index is 12.5. The topological polar surface area (TPSA) is 66.8 Å². The predicted molar refractivity (Wildman–Crippen MR) is 72.0 cm³/mol. The Kier molecular flexibility index (Phi) is 5.26. The number of benzene rings is 1. The number of aliphatic hydroxyl groups is 1. The van der Waals surface area contributed by atoms with E-state index in [4.69, 9.17) is 9.84 Å². The molecule has 1 amide bonds. The maximum Gasteiger partial charge on any atom is 0.414 e. The van der Waals surface area contributed by atoms with Crippen LogP contribution in [-0.4, -0.2) is 41.4 Å². The fourth-order valence-corrected chi connectivity index (χ4v) is 1.22. The van der Waals surface area contributed by atoms with Gasteiger partial charge in [0.15, 0.2) is 11.5 Å². The number of hydrogen-bond donors (Lipinski definition) is 1. The number of halogens is 3. The van der Waals surface area contributed by atoms with Crippen molar-refractivity contribution in [3.8, 4) is 5.75 Å². The van der Waals surface area contributed by atoms with E-state index in [1.165, 1.54) is 43.3 Å². The number of amides is 1. The normalized spacial score (nSPS) is 12.0. The van der Waals surface area contributed by atoms with E-state index in [0.29, 0.717) is 6.08 Å². The molecule has 0 fully saturated rings. The van der Waals surface area contributed by atoms with E-state index in [9.17, 15) is 18.4 Å². The molecule has 0 saturated carbocycles. The van der Waals surface area contributed by atoms with Gasteiger partial charge in [-0.25, -0.2) is 4.79 Å². The van der Waals surface area contributed by atoms with Crippen LogP contribution in [0, 0.1) is 0 Å². The van der Waals surface area contributed by atoms with Crippen molar-refractivity contribution in [2.45, 2.75) is 5.38 Å². The molecule has 0 aliphatic heterocycles. The second kappa shape index (κ2) is 6.53. The van der Waals surface area contributed by atoms with Gasteiger partial charge in [-0.15, -0.1) is 0 Å². The third-order valence-electron chi connectivity index (χ3n) is 2.27. The highest BCUT2D eigenvalue weighted by molar-refractivity contribution is 6.23. The van der Waals surface area contributed by atoms with E-state index in [0.717, 1.165) is 0 Å². The maximum atomic E-state index is 12.5. The Labute approximate surface area is 124 Å². The van der Waals surface area contributed by atoms with Gasteiger partial charge in [0.05, 0.1) is 0 Å². The smallest absolute Gasteiger partial charge is 0.414 e. The summed E-state index contributed by atoms with van der Waals surface area (Å²) in [6.07, 6.45) is -0.276. The first-order chi connectivity index (χ1) is 9.61. The van der Waals surface area contributed by atoms with Crippen LogP contribution in [0.1, 0.15) is 10.4 Å². The fourth-order valence-electron chi connectivity index (χ4n) is 1.17. The van der Waals surface area contributed by atoms with Crippen LogP contribution in [0.5, 0.6) is 5.75 Å². The minimum absolute atomic E-state index is 0.0205. The van der Waals surface area contributed by atoms with Crippen molar-refractivity contribution in [2.75, 3.05) is 14.1 Å². The third-order valence-corrected chi connectivity index (χ3v) is 2.46. The monoisotopic (exact) mass is 319 g/mol. The van der Waals surface area contributed by atoms with E-state index in [-0.39, 0.29) is 11.3 Å². The van der Waals surface area contributed by atoms with Crippen molar-refractivity contribution in [3.63, 3.8) is 0 Å². The quantitative estimate of drug-likeness (QED) is 0.400. The number of rotatable bonds is 4. The van der Waals surface area contributed by atoms with Crippen LogP contribution in [0.4, 0.5) is 13.6 Å². The van der Waals surface area contributed by atoms with Crippen LogP contribution in [0.15, 0.2) is 36.1 Å². The fraction of sp³-hybridized carbons (Fsp3) is 0.231. The second-order valence-electron chi connectivity index (χ2n) is 4.18. The average Bonchev–Trinajstić information content (AvgIpc) is 2.38. The van der Waals surface area contributed by atoms with Crippen molar-refractivity contribution in [1.82, 2.24) is 4.90 Å². The molecule has 114 valence electrons. The van der Waals surface area contributed by atoms with Gasteiger partial charge in [-0.1, -0.05) is 0 Å². The van der Waals surface area contributed by atoms with Crippen molar-refractivity contribution < 1.29 is 28.2 Å². The Morgan fingerprint density at radius 2 is 1.81 bits per heavy atom. The van der Waals surface area contributed by atoms with Gasteiger partial charge in [-0.3, -0.25) is 4.79 Å². The van der Waals surface area contributed by atoms with Crippen LogP contribution >= 0.6 is 11.6 Å². The lowest BCUT2D eigenvalue weighted by atomic mass is 10.1. The first-order valence-electron chi connectivity index (χ1n) is 5.62. The van der Waals surface area contributed by atoms with Gasteiger partial charge in [0.2, 0.25) is 0 Å². The molecule has 21 heavy (non-hydrogen) atoms. The Morgan fingerprint density at radius 1 is 1.29 bits per heavy atom. The SMILES string of the molecule is CN(C)C(=O)Oc1ccc(C(=O)C=C(O)C(F)(F)Cl)cc1. The van der Waals surface area contributed by atoms with Crippen LogP contribution in [-0.2, 0) is 0 Å². The molecule has 0 aromatic heterocycles. The van der Waals surface area contributed by atoms with E-state index < -0.39 is 23.0 Å². The minimum Gasteiger partial charge on any atom is -0.505 e. The minimum atomic E-state index is -4.00. The second-order valence-corrected chi connectivity index (χ2v) is 4.65. The van der Waals surface area contributed by atoms with Gasteiger partial charge in [-0.05, 0) is 35.9 Å². The number of carbonyl (C=O) groups is 2. The predicted octanol–water partition coefficient (Wildman–Crippen LogP) is 3.20. The lowest BCUT2D eigenvalue weighted by Crippen LogP contribution is -2.25. The van der Waals surface area contributed by atoms with Crippen molar-refractivity contribution in [3.05, 3.63) is 41.7 Å². The molecular weight excluding hydrogens is 308 g/mol. The van der Waals surface area contributed by atoms with Crippen LogP contribution in [0.3, 0.4) is 0 Å². The summed E-state index contributed by atoms with van der Waals surface area (Å²) in [6.45, 7) is 0.